The molecule has 1 amide bonds. The molecule has 3 rings (SSSR count). The number of aryl methyl sites for hydroxylation is 2. The van der Waals surface area contributed by atoms with Crippen molar-refractivity contribution < 1.29 is 14.3 Å². The lowest BCUT2D eigenvalue weighted by molar-refractivity contribution is -0.121. The number of carbonyl (C=O) groups is 2. The second-order valence-electron chi connectivity index (χ2n) is 6.30. The number of amides is 1. The van der Waals surface area contributed by atoms with Crippen molar-refractivity contribution in [2.75, 3.05) is 18.1 Å². The van der Waals surface area contributed by atoms with Crippen LogP contribution < -0.4 is 4.90 Å². The minimum Gasteiger partial charge on any atom is -0.452 e. The summed E-state index contributed by atoms with van der Waals surface area (Å²) >= 11 is 0. The van der Waals surface area contributed by atoms with Gasteiger partial charge in [0.2, 0.25) is 0 Å². The summed E-state index contributed by atoms with van der Waals surface area (Å²) in [5, 5.41) is 0. The second-order valence-corrected chi connectivity index (χ2v) is 6.30. The van der Waals surface area contributed by atoms with Crippen LogP contribution in [0.25, 0.3) is 11.0 Å². The van der Waals surface area contributed by atoms with Crippen LogP contribution in [0, 0.1) is 13.8 Å². The average Bonchev–Trinajstić information content (AvgIpc) is 2.71. The molecule has 0 radical (unpaired) electrons. The topological polar surface area (TPSA) is 72.4 Å². The van der Waals surface area contributed by atoms with Crippen LogP contribution in [0.4, 0.5) is 5.69 Å². The van der Waals surface area contributed by atoms with Gasteiger partial charge in [0.05, 0.1) is 28.0 Å². The molecule has 0 saturated carbocycles. The number of benzene rings is 2. The highest BCUT2D eigenvalue weighted by atomic mass is 16.5. The van der Waals surface area contributed by atoms with E-state index in [2.05, 4.69) is 16.5 Å². The molecule has 3 aromatic rings. The number of fused-ring (bicyclic) bond motifs is 1. The van der Waals surface area contributed by atoms with Crippen molar-refractivity contribution in [3.63, 3.8) is 0 Å². The lowest BCUT2D eigenvalue weighted by atomic mass is 10.2. The van der Waals surface area contributed by atoms with E-state index in [9.17, 15) is 9.59 Å². The molecule has 1 aromatic heterocycles. The van der Waals surface area contributed by atoms with Gasteiger partial charge in [-0.3, -0.25) is 4.79 Å². The first kappa shape index (κ1) is 19.2. The molecule has 0 N–H and O–H groups in total. The zero-order valence-corrected chi connectivity index (χ0v) is 15.9. The molecule has 0 aliphatic carbocycles. The van der Waals surface area contributed by atoms with E-state index in [0.717, 1.165) is 17.1 Å². The molecule has 6 nitrogen and oxygen atoms in total. The lowest BCUT2D eigenvalue weighted by Crippen LogP contribution is -2.34. The first-order valence-corrected chi connectivity index (χ1v) is 8.88. The standard InChI is InChI=1S/C22H21N3O3/c1-4-12-25(18-8-6-5-7-9-18)21(26)14-28-22(27)17-10-11-19-20(13-17)24-16(3)15(2)23-19/h4-11,13H,1,12,14H2,2-3H3. The Morgan fingerprint density at radius 1 is 1.04 bits per heavy atom. The molecule has 1 heterocycles. The maximum Gasteiger partial charge on any atom is 0.338 e. The van der Waals surface area contributed by atoms with Crippen LogP contribution in [0.15, 0.2) is 61.2 Å². The summed E-state index contributed by atoms with van der Waals surface area (Å²) in [5.41, 5.74) is 4.01. The van der Waals surface area contributed by atoms with Crippen molar-refractivity contribution in [1.82, 2.24) is 9.97 Å². The van der Waals surface area contributed by atoms with E-state index in [0.29, 0.717) is 23.1 Å². The number of anilines is 1. The van der Waals surface area contributed by atoms with E-state index >= 15 is 0 Å². The van der Waals surface area contributed by atoms with Crippen LogP contribution >= 0.6 is 0 Å². The molecule has 28 heavy (non-hydrogen) atoms. The van der Waals surface area contributed by atoms with Gasteiger partial charge in [-0.2, -0.15) is 0 Å². The van der Waals surface area contributed by atoms with Crippen molar-refractivity contribution in [2.24, 2.45) is 0 Å². The second kappa shape index (κ2) is 8.43. The molecule has 2 aromatic carbocycles. The van der Waals surface area contributed by atoms with Crippen molar-refractivity contribution in [3.8, 4) is 0 Å². The smallest absolute Gasteiger partial charge is 0.338 e. The number of para-hydroxylation sites is 1. The van der Waals surface area contributed by atoms with Gasteiger partial charge in [0.25, 0.3) is 5.91 Å². The van der Waals surface area contributed by atoms with Crippen molar-refractivity contribution >= 4 is 28.6 Å². The molecule has 6 heteroatoms. The summed E-state index contributed by atoms with van der Waals surface area (Å²) < 4.78 is 5.23. The average molecular weight is 375 g/mol. The fourth-order valence-electron chi connectivity index (χ4n) is 2.73. The molecule has 0 aliphatic rings. The third kappa shape index (κ3) is 4.23. The van der Waals surface area contributed by atoms with Crippen LogP contribution in [0.1, 0.15) is 21.7 Å². The van der Waals surface area contributed by atoms with Gasteiger partial charge in [-0.15, -0.1) is 6.58 Å². The molecular formula is C22H21N3O3. The predicted octanol–water partition coefficient (Wildman–Crippen LogP) is 3.62. The Balaban J connectivity index is 1.72. The Kier molecular flexibility index (Phi) is 5.79. The van der Waals surface area contributed by atoms with Crippen LogP contribution in [-0.2, 0) is 9.53 Å². The number of hydrogen-bond acceptors (Lipinski definition) is 5. The van der Waals surface area contributed by atoms with E-state index in [4.69, 9.17) is 4.74 Å². The Morgan fingerprint density at radius 3 is 2.39 bits per heavy atom. The Bertz CT molecular complexity index is 1030. The number of rotatable bonds is 6. The highest BCUT2D eigenvalue weighted by Gasteiger charge is 2.17. The fourth-order valence-corrected chi connectivity index (χ4v) is 2.73. The van der Waals surface area contributed by atoms with Gasteiger partial charge in [0.15, 0.2) is 6.61 Å². The molecule has 0 spiro atoms. The van der Waals surface area contributed by atoms with Crippen LogP contribution in [0.2, 0.25) is 0 Å². The summed E-state index contributed by atoms with van der Waals surface area (Å²) in [6, 6.07) is 14.1. The van der Waals surface area contributed by atoms with Gasteiger partial charge in [-0.1, -0.05) is 24.3 Å². The SMILES string of the molecule is C=CCN(C(=O)COC(=O)c1ccc2nc(C)c(C)nc2c1)c1ccccc1. The summed E-state index contributed by atoms with van der Waals surface area (Å²) in [6.45, 7) is 7.39. The van der Waals surface area contributed by atoms with E-state index in [1.807, 2.05) is 44.2 Å². The van der Waals surface area contributed by atoms with E-state index in [1.165, 1.54) is 4.90 Å². The number of esters is 1. The van der Waals surface area contributed by atoms with Crippen molar-refractivity contribution in [1.29, 1.82) is 0 Å². The molecular weight excluding hydrogens is 354 g/mol. The summed E-state index contributed by atoms with van der Waals surface area (Å²) in [4.78, 5) is 35.3. The first-order valence-electron chi connectivity index (χ1n) is 8.88. The summed E-state index contributed by atoms with van der Waals surface area (Å²) in [6.07, 6.45) is 1.62. The largest absolute Gasteiger partial charge is 0.452 e. The number of aromatic nitrogens is 2. The van der Waals surface area contributed by atoms with Crippen molar-refractivity contribution in [2.45, 2.75) is 13.8 Å². The first-order chi connectivity index (χ1) is 13.5. The van der Waals surface area contributed by atoms with Gasteiger partial charge in [0.1, 0.15) is 0 Å². The van der Waals surface area contributed by atoms with Gasteiger partial charge in [-0.25, -0.2) is 14.8 Å². The van der Waals surface area contributed by atoms with Crippen LogP contribution in [0.3, 0.4) is 0 Å². The molecule has 0 unspecified atom stereocenters. The number of nitrogens with zero attached hydrogens (tertiary/aromatic N) is 3. The highest BCUT2D eigenvalue weighted by Crippen LogP contribution is 2.16. The van der Waals surface area contributed by atoms with Gasteiger partial charge < -0.3 is 9.64 Å². The maximum atomic E-state index is 12.5. The third-order valence-electron chi connectivity index (χ3n) is 4.32. The van der Waals surface area contributed by atoms with Crippen molar-refractivity contribution in [3.05, 3.63) is 78.1 Å². The van der Waals surface area contributed by atoms with Gasteiger partial charge in [-0.05, 0) is 44.2 Å². The number of hydrogen-bond donors (Lipinski definition) is 0. The lowest BCUT2D eigenvalue weighted by Gasteiger charge is -2.21. The number of ether oxygens (including phenoxy) is 1. The van der Waals surface area contributed by atoms with E-state index in [-0.39, 0.29) is 12.5 Å². The molecule has 0 fully saturated rings. The summed E-state index contributed by atoms with van der Waals surface area (Å²) in [7, 11) is 0. The zero-order chi connectivity index (χ0) is 20.1. The molecule has 0 aliphatic heterocycles. The minimum atomic E-state index is -0.582. The molecule has 0 bridgehead atoms. The molecule has 0 saturated heterocycles. The Labute approximate surface area is 163 Å². The third-order valence-corrected chi connectivity index (χ3v) is 4.32. The normalized spacial score (nSPS) is 10.5. The summed E-state index contributed by atoms with van der Waals surface area (Å²) in [5.74, 6) is -0.909. The quantitative estimate of drug-likeness (QED) is 0.486. The number of carbonyl (C=O) groups excluding carboxylic acids is 2. The van der Waals surface area contributed by atoms with E-state index in [1.54, 1.807) is 24.3 Å². The van der Waals surface area contributed by atoms with Crippen LogP contribution in [0.5, 0.6) is 0 Å². The zero-order valence-electron chi connectivity index (χ0n) is 15.9. The molecule has 142 valence electrons. The van der Waals surface area contributed by atoms with E-state index < -0.39 is 5.97 Å². The Morgan fingerprint density at radius 2 is 1.71 bits per heavy atom. The Hall–Kier alpha value is -3.54. The molecule has 0 atom stereocenters. The van der Waals surface area contributed by atoms with Crippen LogP contribution in [-0.4, -0.2) is 35.0 Å². The predicted molar refractivity (Wildman–Crippen MR) is 108 cm³/mol. The van der Waals surface area contributed by atoms with Gasteiger partial charge >= 0.3 is 5.97 Å². The maximum absolute atomic E-state index is 12.5. The fraction of sp³-hybridized carbons (Fsp3) is 0.182. The monoisotopic (exact) mass is 375 g/mol. The highest BCUT2D eigenvalue weighted by molar-refractivity contribution is 5.98. The minimum absolute atomic E-state index is 0.324. The van der Waals surface area contributed by atoms with Gasteiger partial charge in [0, 0.05) is 12.2 Å².